The lowest BCUT2D eigenvalue weighted by molar-refractivity contribution is 0.595. The van der Waals surface area contributed by atoms with Crippen LogP contribution < -0.4 is 0 Å². The Morgan fingerprint density at radius 1 is 1.05 bits per heavy atom. The summed E-state index contributed by atoms with van der Waals surface area (Å²) in [6, 6.07) is 6.36. The van der Waals surface area contributed by atoms with E-state index in [4.69, 9.17) is 0 Å². The molecule has 7 heteroatoms. The summed E-state index contributed by atoms with van der Waals surface area (Å²) in [6.07, 6.45) is 2.86. The van der Waals surface area contributed by atoms with Gasteiger partial charge in [-0.15, -0.1) is 4.40 Å². The van der Waals surface area contributed by atoms with Gasteiger partial charge in [0.25, 0.3) is 10.0 Å². The third-order valence-corrected chi connectivity index (χ3v) is 3.19. The molecular formula is C12H18N4O2S. The molecule has 0 amide bonds. The number of hydrogen-bond acceptors (Lipinski definition) is 3. The van der Waals surface area contributed by atoms with Gasteiger partial charge in [-0.2, -0.15) is 8.42 Å². The summed E-state index contributed by atoms with van der Waals surface area (Å²) in [4.78, 5) is 7.60. The van der Waals surface area contributed by atoms with E-state index in [-0.39, 0.29) is 4.90 Å². The Hall–Kier alpha value is -1.89. The van der Waals surface area contributed by atoms with Crippen molar-refractivity contribution < 1.29 is 8.42 Å². The van der Waals surface area contributed by atoms with Gasteiger partial charge in [0, 0.05) is 28.2 Å². The van der Waals surface area contributed by atoms with Crippen molar-refractivity contribution >= 4 is 28.4 Å². The zero-order chi connectivity index (χ0) is 14.5. The highest BCUT2D eigenvalue weighted by molar-refractivity contribution is 7.90. The lowest BCUT2D eigenvalue weighted by atomic mass is 10.3. The molecule has 0 spiro atoms. The van der Waals surface area contributed by atoms with E-state index in [0.717, 1.165) is 0 Å². The number of aliphatic imine (C=N–C) groups is 1. The maximum atomic E-state index is 11.9. The molecule has 0 saturated carbocycles. The van der Waals surface area contributed by atoms with Gasteiger partial charge in [-0.3, -0.25) is 0 Å². The molecule has 104 valence electrons. The maximum absolute atomic E-state index is 11.9. The third kappa shape index (κ3) is 5.09. The zero-order valence-electron chi connectivity index (χ0n) is 11.5. The molecule has 0 atom stereocenters. The number of benzene rings is 1. The highest BCUT2D eigenvalue weighted by atomic mass is 32.2. The van der Waals surface area contributed by atoms with Crippen LogP contribution in [0.2, 0.25) is 0 Å². The van der Waals surface area contributed by atoms with Gasteiger partial charge in [0.15, 0.2) is 0 Å². The van der Waals surface area contributed by atoms with Gasteiger partial charge in [-0.1, -0.05) is 6.07 Å². The minimum atomic E-state index is -3.68. The average Bonchev–Trinajstić information content (AvgIpc) is 2.34. The van der Waals surface area contributed by atoms with Crippen LogP contribution in [-0.4, -0.2) is 59.1 Å². The van der Waals surface area contributed by atoms with E-state index < -0.39 is 10.0 Å². The molecular weight excluding hydrogens is 264 g/mol. The summed E-state index contributed by atoms with van der Waals surface area (Å²) < 4.78 is 27.5. The van der Waals surface area contributed by atoms with Crippen LogP contribution in [0.3, 0.4) is 0 Å². The first-order valence-corrected chi connectivity index (χ1v) is 7.03. The van der Waals surface area contributed by atoms with Crippen LogP contribution in [0.1, 0.15) is 0 Å². The molecule has 6 nitrogen and oxygen atoms in total. The van der Waals surface area contributed by atoms with Crippen molar-refractivity contribution in [2.45, 2.75) is 4.90 Å². The Kier molecular flexibility index (Phi) is 5.05. The van der Waals surface area contributed by atoms with Gasteiger partial charge in [0.05, 0.1) is 16.9 Å². The van der Waals surface area contributed by atoms with Crippen LogP contribution in [0.15, 0.2) is 38.6 Å². The van der Waals surface area contributed by atoms with Crippen LogP contribution in [-0.2, 0) is 10.0 Å². The van der Waals surface area contributed by atoms with E-state index in [9.17, 15) is 8.42 Å². The molecule has 19 heavy (non-hydrogen) atoms. The molecule has 0 radical (unpaired) electrons. The Balaban J connectivity index is 3.05. The van der Waals surface area contributed by atoms with Crippen molar-refractivity contribution in [3.8, 4) is 0 Å². The number of nitrogens with zero attached hydrogens (tertiary/aromatic N) is 4. The predicted octanol–water partition coefficient (Wildman–Crippen LogP) is 1.19. The largest absolute Gasteiger partial charge is 0.369 e. The van der Waals surface area contributed by atoms with E-state index in [1.807, 2.05) is 14.1 Å². The fourth-order valence-corrected chi connectivity index (χ4v) is 2.08. The minimum Gasteiger partial charge on any atom is -0.369 e. The minimum absolute atomic E-state index is 0.124. The normalized spacial score (nSPS) is 12.2. The summed E-state index contributed by atoms with van der Waals surface area (Å²) in [5.41, 5.74) is 0.565. The van der Waals surface area contributed by atoms with Gasteiger partial charge < -0.3 is 9.80 Å². The van der Waals surface area contributed by atoms with Crippen molar-refractivity contribution in [2.75, 3.05) is 28.2 Å². The Morgan fingerprint density at radius 2 is 1.68 bits per heavy atom. The maximum Gasteiger partial charge on any atom is 0.283 e. The van der Waals surface area contributed by atoms with Gasteiger partial charge in [0.2, 0.25) is 0 Å². The zero-order valence-corrected chi connectivity index (χ0v) is 12.3. The molecule has 0 aliphatic heterocycles. The smallest absolute Gasteiger partial charge is 0.283 e. The van der Waals surface area contributed by atoms with E-state index in [1.165, 1.54) is 18.5 Å². The highest BCUT2D eigenvalue weighted by Crippen LogP contribution is 2.19. The number of rotatable bonds is 5. The standard InChI is InChI=1S/C12H18N4O2S/c1-15(2)9-13-11-6-5-7-12(8-11)19(17,18)14-10-16(3)4/h5-10H,1-4H3/b13-9?,14-10+. The summed E-state index contributed by atoms with van der Waals surface area (Å²) in [6.45, 7) is 0. The molecule has 0 aliphatic carbocycles. The summed E-state index contributed by atoms with van der Waals surface area (Å²) in [7, 11) is 3.41. The fraction of sp³-hybridized carbons (Fsp3) is 0.333. The van der Waals surface area contributed by atoms with Crippen LogP contribution in [0, 0.1) is 0 Å². The van der Waals surface area contributed by atoms with E-state index in [1.54, 1.807) is 42.4 Å². The fourth-order valence-electron chi connectivity index (χ4n) is 1.12. The Morgan fingerprint density at radius 3 is 2.26 bits per heavy atom. The van der Waals surface area contributed by atoms with Gasteiger partial charge in [-0.25, -0.2) is 4.99 Å². The summed E-state index contributed by atoms with van der Waals surface area (Å²) in [5.74, 6) is 0. The number of hydrogen-bond donors (Lipinski definition) is 0. The van der Waals surface area contributed by atoms with Crippen molar-refractivity contribution in [3.05, 3.63) is 24.3 Å². The van der Waals surface area contributed by atoms with E-state index in [0.29, 0.717) is 5.69 Å². The van der Waals surface area contributed by atoms with Crippen molar-refractivity contribution in [3.63, 3.8) is 0 Å². The first kappa shape index (κ1) is 15.2. The van der Waals surface area contributed by atoms with Crippen LogP contribution in [0.5, 0.6) is 0 Å². The van der Waals surface area contributed by atoms with Crippen LogP contribution >= 0.6 is 0 Å². The molecule has 0 aromatic heterocycles. The Labute approximate surface area is 114 Å². The second kappa shape index (κ2) is 6.33. The van der Waals surface area contributed by atoms with Crippen LogP contribution in [0.4, 0.5) is 5.69 Å². The SMILES string of the molecule is CN(C)C=Nc1cccc(S(=O)(=O)/N=C/N(C)C)c1. The average molecular weight is 282 g/mol. The first-order valence-electron chi connectivity index (χ1n) is 5.59. The molecule has 1 aromatic rings. The topological polar surface area (TPSA) is 65.3 Å². The summed E-state index contributed by atoms with van der Waals surface area (Å²) >= 11 is 0. The predicted molar refractivity (Wildman–Crippen MR) is 77.6 cm³/mol. The monoisotopic (exact) mass is 282 g/mol. The second-order valence-corrected chi connectivity index (χ2v) is 6.00. The molecule has 0 unspecified atom stereocenters. The second-order valence-electron chi connectivity index (χ2n) is 4.37. The van der Waals surface area contributed by atoms with Crippen molar-refractivity contribution in [1.29, 1.82) is 0 Å². The highest BCUT2D eigenvalue weighted by Gasteiger charge is 2.12. The van der Waals surface area contributed by atoms with Gasteiger partial charge >= 0.3 is 0 Å². The van der Waals surface area contributed by atoms with E-state index in [2.05, 4.69) is 9.39 Å². The molecule has 0 heterocycles. The molecule has 0 aliphatic rings. The molecule has 1 rings (SSSR count). The number of sulfonamides is 1. The van der Waals surface area contributed by atoms with E-state index >= 15 is 0 Å². The molecule has 0 bridgehead atoms. The Bertz CT molecular complexity index is 577. The molecule has 0 N–H and O–H groups in total. The first-order chi connectivity index (χ1) is 8.81. The van der Waals surface area contributed by atoms with Crippen molar-refractivity contribution in [2.24, 2.45) is 9.39 Å². The van der Waals surface area contributed by atoms with Gasteiger partial charge in [-0.05, 0) is 18.2 Å². The lowest BCUT2D eigenvalue weighted by Crippen LogP contribution is -2.10. The molecule has 1 aromatic carbocycles. The third-order valence-electron chi connectivity index (χ3n) is 1.97. The lowest BCUT2D eigenvalue weighted by Gasteiger charge is -2.05. The van der Waals surface area contributed by atoms with Crippen LogP contribution in [0.25, 0.3) is 0 Å². The quantitative estimate of drug-likeness (QED) is 0.601. The summed E-state index contributed by atoms with van der Waals surface area (Å²) in [5, 5.41) is 0. The molecule has 0 saturated heterocycles. The molecule has 0 fully saturated rings. The van der Waals surface area contributed by atoms with Crippen molar-refractivity contribution in [1.82, 2.24) is 9.80 Å². The van der Waals surface area contributed by atoms with Gasteiger partial charge in [0.1, 0.15) is 6.34 Å².